The van der Waals surface area contributed by atoms with E-state index in [1.165, 1.54) is 30.1 Å². The number of carboxylic acids is 1. The zero-order valence-corrected chi connectivity index (χ0v) is 30.1. The van der Waals surface area contributed by atoms with Crippen molar-refractivity contribution in [2.75, 3.05) is 31.1 Å². The number of carboxylic acid groups (broad SMARTS) is 1. The highest BCUT2D eigenvalue weighted by atomic mass is 19.1. The van der Waals surface area contributed by atoms with E-state index in [1.807, 2.05) is 32.6 Å². The van der Waals surface area contributed by atoms with Crippen molar-refractivity contribution in [3.8, 4) is 11.5 Å². The van der Waals surface area contributed by atoms with Crippen LogP contribution in [0.4, 0.5) is 10.2 Å². The van der Waals surface area contributed by atoms with Crippen LogP contribution in [0.5, 0.6) is 11.5 Å². The molecule has 1 spiro atoms. The van der Waals surface area contributed by atoms with Crippen LogP contribution >= 0.6 is 0 Å². The molecule has 1 aromatic carbocycles. The van der Waals surface area contributed by atoms with Gasteiger partial charge in [-0.1, -0.05) is 19.1 Å². The molecule has 13 nitrogen and oxygen atoms in total. The van der Waals surface area contributed by atoms with Crippen molar-refractivity contribution in [1.29, 1.82) is 0 Å². The van der Waals surface area contributed by atoms with Gasteiger partial charge in [-0.05, 0) is 78.0 Å². The molecule has 2 aromatic rings. The Morgan fingerprint density at radius 3 is 2.29 bits per heavy atom. The average molecular weight is 709 g/mol. The SMILES string of the molecule is C=C1C[C@@H]2CC[C@H]1[C@@H](C(=O)N1CCC3(CC1)CN(c1ncncc1Oc1ccc(F)cc1C(=O)N(C(C)C)C(C)C)C3)N2.CCC(=O)O.O=C=O. The molecule has 276 valence electrons. The number of amides is 2. The van der Waals surface area contributed by atoms with Gasteiger partial charge in [0.2, 0.25) is 5.91 Å². The molecule has 5 aliphatic rings. The summed E-state index contributed by atoms with van der Waals surface area (Å²) in [5, 5.41) is 11.3. The van der Waals surface area contributed by atoms with Crippen LogP contribution in [0.1, 0.15) is 83.5 Å². The van der Waals surface area contributed by atoms with Crippen LogP contribution in [0, 0.1) is 17.2 Å². The number of carbonyl (C=O) groups is 3. The fourth-order valence-corrected chi connectivity index (χ4v) is 7.64. The monoisotopic (exact) mass is 708 g/mol. The van der Waals surface area contributed by atoms with Gasteiger partial charge in [-0.2, -0.15) is 9.59 Å². The molecule has 1 aromatic heterocycles. The van der Waals surface area contributed by atoms with Crippen molar-refractivity contribution in [3.63, 3.8) is 0 Å². The van der Waals surface area contributed by atoms with Crippen molar-refractivity contribution in [3.05, 3.63) is 54.3 Å². The predicted molar refractivity (Wildman–Crippen MR) is 186 cm³/mol. The summed E-state index contributed by atoms with van der Waals surface area (Å²) in [7, 11) is 0. The van der Waals surface area contributed by atoms with Gasteiger partial charge in [-0.3, -0.25) is 14.4 Å². The number of piperidine rings is 3. The molecule has 4 aliphatic heterocycles. The van der Waals surface area contributed by atoms with Gasteiger partial charge in [0.05, 0.1) is 17.8 Å². The molecule has 2 bridgehead atoms. The lowest BCUT2D eigenvalue weighted by Gasteiger charge is -2.55. The number of benzene rings is 1. The third kappa shape index (κ3) is 9.17. The first-order valence-corrected chi connectivity index (χ1v) is 17.5. The Kier molecular flexibility index (Phi) is 13.1. The van der Waals surface area contributed by atoms with Crippen LogP contribution in [0.2, 0.25) is 0 Å². The second-order valence-corrected chi connectivity index (χ2v) is 14.3. The number of rotatable bonds is 8. The minimum absolute atomic E-state index is 0.0632. The van der Waals surface area contributed by atoms with Gasteiger partial charge in [0, 0.05) is 62.1 Å². The molecular weight excluding hydrogens is 659 g/mol. The molecular formula is C37H49FN6O7. The van der Waals surface area contributed by atoms with Gasteiger partial charge < -0.3 is 29.9 Å². The van der Waals surface area contributed by atoms with Gasteiger partial charge >= 0.3 is 12.1 Å². The molecule has 5 fully saturated rings. The molecule has 14 heteroatoms. The highest BCUT2D eigenvalue weighted by Gasteiger charge is 2.49. The lowest BCUT2D eigenvalue weighted by atomic mass is 9.70. The number of carbonyl (C=O) groups excluding carboxylic acids is 4. The summed E-state index contributed by atoms with van der Waals surface area (Å²) in [6.45, 7) is 16.7. The van der Waals surface area contributed by atoms with Crippen LogP contribution in [0.15, 0.2) is 42.9 Å². The summed E-state index contributed by atoms with van der Waals surface area (Å²) in [5.41, 5.74) is 1.51. The van der Waals surface area contributed by atoms with E-state index in [9.17, 15) is 18.8 Å². The lowest BCUT2D eigenvalue weighted by molar-refractivity contribution is -0.191. The first kappa shape index (κ1) is 39.1. The number of aliphatic carboxylic acids is 1. The average Bonchev–Trinajstić information content (AvgIpc) is 3.08. The van der Waals surface area contributed by atoms with E-state index in [-0.39, 0.29) is 65.2 Å². The van der Waals surface area contributed by atoms with Crippen molar-refractivity contribution in [2.24, 2.45) is 11.3 Å². The molecule has 1 aliphatic carbocycles. The summed E-state index contributed by atoms with van der Waals surface area (Å²) in [6, 6.07) is 4.16. The minimum Gasteiger partial charge on any atom is -0.481 e. The molecule has 7 rings (SSSR count). The molecule has 4 saturated heterocycles. The molecule has 0 radical (unpaired) electrons. The van der Waals surface area contributed by atoms with Crippen molar-refractivity contribution in [2.45, 2.75) is 97.3 Å². The molecule has 3 atom stereocenters. The van der Waals surface area contributed by atoms with Gasteiger partial charge in [-0.25, -0.2) is 14.4 Å². The number of anilines is 1. The molecule has 2 N–H and O–H groups in total. The second-order valence-electron chi connectivity index (χ2n) is 14.3. The fraction of sp³-hybridized carbons (Fsp3) is 0.568. The van der Waals surface area contributed by atoms with E-state index in [2.05, 4.69) is 26.8 Å². The van der Waals surface area contributed by atoms with Crippen LogP contribution in [-0.2, 0) is 19.2 Å². The summed E-state index contributed by atoms with van der Waals surface area (Å²) in [4.78, 5) is 67.2. The maximum absolute atomic E-state index is 14.3. The van der Waals surface area contributed by atoms with Crippen LogP contribution in [0.25, 0.3) is 0 Å². The Labute approximate surface area is 298 Å². The third-order valence-corrected chi connectivity index (χ3v) is 10.1. The van der Waals surface area contributed by atoms with E-state index in [1.54, 1.807) is 18.0 Å². The van der Waals surface area contributed by atoms with Crippen molar-refractivity contribution < 1.29 is 38.2 Å². The number of nitrogens with zero attached hydrogens (tertiary/aromatic N) is 5. The molecule has 0 unspecified atom stereocenters. The highest BCUT2D eigenvalue weighted by molar-refractivity contribution is 5.97. The number of halogens is 1. The van der Waals surface area contributed by atoms with E-state index in [0.717, 1.165) is 58.3 Å². The number of nitrogens with one attached hydrogen (secondary N) is 1. The van der Waals surface area contributed by atoms with Crippen LogP contribution in [0.3, 0.4) is 0 Å². The standard InChI is InChI=1S/C33H43FN6O3.C3H6O2.CO2/c1-20(2)40(21(3)4)31(41)26-15-23(34)6-9-27(26)43-28-16-35-19-36-30(28)39-17-33(18-39)10-12-38(13-11-33)32(42)29-25-8-7-24(37-29)14-22(25)5;1-2-3(4)5;2-1-3/h6,9,15-16,19-21,24-25,29,37H,5,7-8,10-14,17-18H2,1-4H3;2H2,1H3,(H,4,5);/t24-,25+,29-;;/m0../s1. The molecule has 5 heterocycles. The number of fused-ring (bicyclic) bond motifs is 3. The van der Waals surface area contributed by atoms with E-state index < -0.39 is 11.8 Å². The summed E-state index contributed by atoms with van der Waals surface area (Å²) in [6.07, 6.45) is 8.62. The Morgan fingerprint density at radius 1 is 1.12 bits per heavy atom. The largest absolute Gasteiger partial charge is 0.481 e. The molecule has 1 saturated carbocycles. The second kappa shape index (κ2) is 17.0. The van der Waals surface area contributed by atoms with Gasteiger partial charge in [0.1, 0.15) is 17.9 Å². The Morgan fingerprint density at radius 2 is 1.75 bits per heavy atom. The van der Waals surface area contributed by atoms with E-state index >= 15 is 0 Å². The van der Waals surface area contributed by atoms with Gasteiger partial charge in [0.15, 0.2) is 11.6 Å². The van der Waals surface area contributed by atoms with Crippen LogP contribution < -0.4 is 15.0 Å². The smallest absolute Gasteiger partial charge is 0.373 e. The zero-order valence-electron chi connectivity index (χ0n) is 30.1. The Balaban J connectivity index is 0.000000662. The summed E-state index contributed by atoms with van der Waals surface area (Å²) < 4.78 is 20.6. The van der Waals surface area contributed by atoms with Crippen LogP contribution in [-0.4, -0.2) is 99.2 Å². The maximum atomic E-state index is 14.3. The normalized spacial score (nSPS) is 21.5. The van der Waals surface area contributed by atoms with E-state index in [0.29, 0.717) is 17.6 Å². The van der Waals surface area contributed by atoms with Crippen molar-refractivity contribution in [1.82, 2.24) is 25.1 Å². The quantitative estimate of drug-likeness (QED) is 0.366. The number of hydrogen-bond acceptors (Lipinski definition) is 10. The van der Waals surface area contributed by atoms with Gasteiger partial charge in [0.25, 0.3) is 5.91 Å². The number of likely N-dealkylation sites (tertiary alicyclic amines) is 1. The third-order valence-electron chi connectivity index (χ3n) is 10.1. The first-order valence-electron chi connectivity index (χ1n) is 17.5. The topological polar surface area (TPSA) is 162 Å². The minimum atomic E-state index is -0.745. The predicted octanol–water partition coefficient (Wildman–Crippen LogP) is 4.69. The van der Waals surface area contributed by atoms with Crippen molar-refractivity contribution >= 4 is 29.8 Å². The Hall–Kier alpha value is -4.68. The molecule has 2 amide bonds. The van der Waals surface area contributed by atoms with Gasteiger partial charge in [-0.15, -0.1) is 0 Å². The Bertz CT molecular complexity index is 1600. The molecule has 51 heavy (non-hydrogen) atoms. The fourth-order valence-electron chi connectivity index (χ4n) is 7.64. The first-order chi connectivity index (χ1) is 24.2. The maximum Gasteiger partial charge on any atom is 0.373 e. The van der Waals surface area contributed by atoms with E-state index in [4.69, 9.17) is 19.4 Å². The lowest BCUT2D eigenvalue weighted by Crippen LogP contribution is -2.64. The zero-order chi connectivity index (χ0) is 37.5. The number of hydrogen-bond donors (Lipinski definition) is 2. The number of ether oxygens (including phenoxy) is 1. The summed E-state index contributed by atoms with van der Waals surface area (Å²) >= 11 is 0. The summed E-state index contributed by atoms with van der Waals surface area (Å²) in [5.74, 6) is 0.290. The highest BCUT2D eigenvalue weighted by Crippen LogP contribution is 2.45. The number of aromatic nitrogens is 2.